The van der Waals surface area contributed by atoms with Crippen LogP contribution in [0.1, 0.15) is 43.1 Å². The van der Waals surface area contributed by atoms with Gasteiger partial charge in [0.2, 0.25) is 0 Å². The van der Waals surface area contributed by atoms with Crippen molar-refractivity contribution in [2.45, 2.75) is 37.8 Å². The Morgan fingerprint density at radius 1 is 1.22 bits per heavy atom. The molecule has 36 heavy (non-hydrogen) atoms. The summed E-state index contributed by atoms with van der Waals surface area (Å²) in [6.07, 6.45) is 2.50. The molecule has 0 radical (unpaired) electrons. The molecule has 11 heteroatoms. The number of carbonyl (C=O) groups excluding carboxylic acids is 1. The number of nitriles is 1. The maximum atomic E-state index is 13.6. The standard InChI is InChI=1S/C25H25FN6O3S/c1-16-11-13-32(25(16,2)3)23-19(6-5-12-28-23)24(33)31-36(34,35)22-8-4-7-21(30-22)29-18-9-10-20(26)17(14-18)15-27/h4-10,12,14,16H,11,13H2,1-3H3,(H,29,30)(H,31,33). The number of hydrogen-bond donors (Lipinski definition) is 2. The van der Waals surface area contributed by atoms with Crippen LogP contribution in [0.5, 0.6) is 0 Å². The molecule has 1 unspecified atom stereocenters. The number of sulfonamides is 1. The van der Waals surface area contributed by atoms with Crippen LogP contribution < -0.4 is 14.9 Å². The average molecular weight is 509 g/mol. The number of nitrogens with one attached hydrogen (secondary N) is 2. The molecule has 186 valence electrons. The van der Waals surface area contributed by atoms with E-state index in [1.165, 1.54) is 30.3 Å². The Labute approximate surface area is 209 Å². The smallest absolute Gasteiger partial charge is 0.281 e. The van der Waals surface area contributed by atoms with E-state index in [1.807, 2.05) is 4.90 Å². The van der Waals surface area contributed by atoms with Crippen LogP contribution >= 0.6 is 0 Å². The van der Waals surface area contributed by atoms with Crippen molar-refractivity contribution in [2.24, 2.45) is 5.92 Å². The molecule has 9 nitrogen and oxygen atoms in total. The van der Waals surface area contributed by atoms with Crippen LogP contribution in [-0.2, 0) is 10.0 Å². The Morgan fingerprint density at radius 3 is 2.69 bits per heavy atom. The molecule has 3 aromatic rings. The van der Waals surface area contributed by atoms with E-state index in [-0.39, 0.29) is 27.5 Å². The van der Waals surface area contributed by atoms with E-state index in [4.69, 9.17) is 5.26 Å². The summed E-state index contributed by atoms with van der Waals surface area (Å²) in [4.78, 5) is 23.6. The van der Waals surface area contributed by atoms with Gasteiger partial charge in [0.05, 0.1) is 11.1 Å². The molecule has 2 N–H and O–H groups in total. The van der Waals surface area contributed by atoms with Crippen LogP contribution in [0.2, 0.25) is 0 Å². The number of amides is 1. The first-order chi connectivity index (χ1) is 17.0. The summed E-state index contributed by atoms with van der Waals surface area (Å²) in [5, 5.41) is 11.5. The van der Waals surface area contributed by atoms with Gasteiger partial charge in [-0.05, 0) is 68.7 Å². The van der Waals surface area contributed by atoms with E-state index < -0.39 is 21.7 Å². The molecule has 0 aliphatic carbocycles. The predicted octanol–water partition coefficient (Wildman–Crippen LogP) is 3.97. The Balaban J connectivity index is 1.57. The summed E-state index contributed by atoms with van der Waals surface area (Å²) in [6.45, 7) is 6.97. The molecule has 1 saturated heterocycles. The molecular formula is C25H25FN6O3S. The number of carbonyl (C=O) groups is 1. The van der Waals surface area contributed by atoms with Gasteiger partial charge in [0, 0.05) is 24.0 Å². The summed E-state index contributed by atoms with van der Waals surface area (Å²) < 4.78 is 41.7. The van der Waals surface area contributed by atoms with Gasteiger partial charge in [0.1, 0.15) is 23.5 Å². The molecule has 1 aliphatic heterocycles. The lowest BCUT2D eigenvalue weighted by Crippen LogP contribution is -2.43. The monoisotopic (exact) mass is 508 g/mol. The third-order valence-corrected chi connectivity index (χ3v) is 7.79. The Morgan fingerprint density at radius 2 is 2.00 bits per heavy atom. The lowest BCUT2D eigenvalue weighted by Gasteiger charge is -2.36. The van der Waals surface area contributed by atoms with Gasteiger partial charge in [-0.1, -0.05) is 13.0 Å². The minimum atomic E-state index is -4.33. The average Bonchev–Trinajstić information content (AvgIpc) is 3.12. The molecule has 1 amide bonds. The van der Waals surface area contributed by atoms with Gasteiger partial charge in [0.25, 0.3) is 15.9 Å². The number of hydrogen-bond acceptors (Lipinski definition) is 8. The normalized spacial score (nSPS) is 16.9. The molecule has 1 fully saturated rings. The van der Waals surface area contributed by atoms with Crippen molar-refractivity contribution >= 4 is 33.3 Å². The van der Waals surface area contributed by atoms with E-state index >= 15 is 0 Å². The SMILES string of the molecule is CC1CCN(c2ncccc2C(=O)NS(=O)(=O)c2cccc(Nc3ccc(F)c(C#N)c3)n2)C1(C)C. The van der Waals surface area contributed by atoms with Crippen molar-refractivity contribution in [3.8, 4) is 6.07 Å². The van der Waals surface area contributed by atoms with Crippen molar-refractivity contribution < 1.29 is 17.6 Å². The molecule has 4 rings (SSSR count). The van der Waals surface area contributed by atoms with Crippen LogP contribution in [0.4, 0.5) is 21.7 Å². The van der Waals surface area contributed by atoms with Gasteiger partial charge in [-0.2, -0.15) is 13.7 Å². The number of pyridine rings is 2. The zero-order valence-electron chi connectivity index (χ0n) is 20.0. The van der Waals surface area contributed by atoms with Crippen molar-refractivity contribution in [3.05, 3.63) is 71.7 Å². The highest BCUT2D eigenvalue weighted by molar-refractivity contribution is 7.90. The molecule has 0 spiro atoms. The van der Waals surface area contributed by atoms with Crippen LogP contribution in [-0.4, -0.2) is 36.4 Å². The zero-order valence-corrected chi connectivity index (χ0v) is 20.8. The second-order valence-electron chi connectivity index (χ2n) is 9.10. The van der Waals surface area contributed by atoms with Crippen LogP contribution in [0, 0.1) is 23.1 Å². The summed E-state index contributed by atoms with van der Waals surface area (Å²) in [5.74, 6) is -0.561. The maximum Gasteiger partial charge on any atom is 0.281 e. The first-order valence-electron chi connectivity index (χ1n) is 11.3. The fourth-order valence-corrected chi connectivity index (χ4v) is 5.03. The second kappa shape index (κ2) is 9.54. The van der Waals surface area contributed by atoms with E-state index in [0.717, 1.165) is 12.5 Å². The van der Waals surface area contributed by atoms with Crippen molar-refractivity contribution in [3.63, 3.8) is 0 Å². The fraction of sp³-hybridized carbons (Fsp3) is 0.280. The van der Waals surface area contributed by atoms with Gasteiger partial charge in [-0.3, -0.25) is 4.79 Å². The molecule has 2 aromatic heterocycles. The van der Waals surface area contributed by atoms with Crippen LogP contribution in [0.25, 0.3) is 0 Å². The number of nitrogens with zero attached hydrogens (tertiary/aromatic N) is 4. The molecule has 0 bridgehead atoms. The number of anilines is 3. The lowest BCUT2D eigenvalue weighted by atomic mass is 9.90. The van der Waals surface area contributed by atoms with Gasteiger partial charge in [-0.15, -0.1) is 0 Å². The number of halogens is 1. The van der Waals surface area contributed by atoms with Gasteiger partial charge in [0.15, 0.2) is 5.03 Å². The topological polar surface area (TPSA) is 128 Å². The minimum absolute atomic E-state index is 0.135. The fourth-order valence-electron chi connectivity index (χ4n) is 4.10. The quantitative estimate of drug-likeness (QED) is 0.512. The Bertz CT molecular complexity index is 1470. The minimum Gasteiger partial charge on any atom is -0.351 e. The third kappa shape index (κ3) is 4.85. The Kier molecular flexibility index (Phi) is 6.65. The number of benzene rings is 1. The number of rotatable bonds is 6. The van der Waals surface area contributed by atoms with E-state index in [2.05, 4.69) is 40.8 Å². The maximum absolute atomic E-state index is 13.6. The molecular weight excluding hydrogens is 483 g/mol. The summed E-state index contributed by atoms with van der Waals surface area (Å²) >= 11 is 0. The van der Waals surface area contributed by atoms with Crippen LogP contribution in [0.3, 0.4) is 0 Å². The summed E-state index contributed by atoms with van der Waals surface area (Å²) in [5.41, 5.74) is 0.0727. The zero-order chi connectivity index (χ0) is 26.1. The summed E-state index contributed by atoms with van der Waals surface area (Å²) in [7, 11) is -4.33. The second-order valence-corrected chi connectivity index (χ2v) is 10.7. The predicted molar refractivity (Wildman–Crippen MR) is 133 cm³/mol. The molecule has 1 atom stereocenters. The van der Waals surface area contributed by atoms with Crippen molar-refractivity contribution in [2.75, 3.05) is 16.8 Å². The van der Waals surface area contributed by atoms with Gasteiger partial charge in [-0.25, -0.2) is 19.1 Å². The lowest BCUT2D eigenvalue weighted by molar-refractivity contribution is 0.0981. The van der Waals surface area contributed by atoms with E-state index in [9.17, 15) is 17.6 Å². The third-order valence-electron chi connectivity index (χ3n) is 6.56. The molecule has 1 aromatic carbocycles. The molecule has 0 saturated carbocycles. The molecule has 1 aliphatic rings. The van der Waals surface area contributed by atoms with Gasteiger partial charge >= 0.3 is 0 Å². The van der Waals surface area contributed by atoms with Crippen molar-refractivity contribution in [1.82, 2.24) is 14.7 Å². The highest BCUT2D eigenvalue weighted by Gasteiger charge is 2.40. The molecule has 3 heterocycles. The first kappa shape index (κ1) is 25.1. The first-order valence-corrected chi connectivity index (χ1v) is 12.7. The highest BCUT2D eigenvalue weighted by Crippen LogP contribution is 2.38. The van der Waals surface area contributed by atoms with Crippen molar-refractivity contribution in [1.29, 1.82) is 5.26 Å². The largest absolute Gasteiger partial charge is 0.351 e. The van der Waals surface area contributed by atoms with E-state index in [0.29, 0.717) is 24.0 Å². The van der Waals surface area contributed by atoms with Crippen LogP contribution in [0.15, 0.2) is 59.8 Å². The Hall–Kier alpha value is -4.04. The van der Waals surface area contributed by atoms with E-state index in [1.54, 1.807) is 24.4 Å². The highest BCUT2D eigenvalue weighted by atomic mass is 32.2. The number of aromatic nitrogens is 2. The summed E-state index contributed by atoms with van der Waals surface area (Å²) in [6, 6.07) is 12.9. The van der Waals surface area contributed by atoms with Gasteiger partial charge < -0.3 is 10.2 Å².